The second-order valence-electron chi connectivity index (χ2n) is 7.60. The van der Waals surface area contributed by atoms with Gasteiger partial charge in [-0.05, 0) is 53.6 Å². The molecule has 1 heterocycles. The van der Waals surface area contributed by atoms with Crippen LogP contribution < -0.4 is 14.2 Å². The predicted molar refractivity (Wildman–Crippen MR) is 124 cm³/mol. The summed E-state index contributed by atoms with van der Waals surface area (Å²) < 4.78 is 29.6. The van der Waals surface area contributed by atoms with Gasteiger partial charge in [0.1, 0.15) is 17.9 Å². The Morgan fingerprint density at radius 2 is 1.76 bits per heavy atom. The molecular weight excluding hydrogens is 439 g/mol. The summed E-state index contributed by atoms with van der Waals surface area (Å²) in [5.74, 6) is 0.684. The first-order chi connectivity index (χ1) is 16.5. The highest BCUT2D eigenvalue weighted by Gasteiger charge is 2.33. The number of aldehydes is 1. The first-order valence-electron chi connectivity index (χ1n) is 10.6. The van der Waals surface area contributed by atoms with Gasteiger partial charge < -0.3 is 14.2 Å². The van der Waals surface area contributed by atoms with Gasteiger partial charge in [0.2, 0.25) is 0 Å². The number of carbonyl (C=O) groups is 2. The normalized spacial score (nSPS) is 15.0. The Balaban J connectivity index is 1.58. The number of ether oxygens (including phenoxy) is 3. The summed E-state index contributed by atoms with van der Waals surface area (Å²) in [6, 6.07) is 17.8. The van der Waals surface area contributed by atoms with Crippen LogP contribution >= 0.6 is 0 Å². The molecule has 34 heavy (non-hydrogen) atoms. The van der Waals surface area contributed by atoms with Crippen LogP contribution in [0.4, 0.5) is 4.39 Å². The topological polar surface area (TPSA) is 77.4 Å². The molecule has 1 amide bonds. The molecule has 0 saturated heterocycles. The van der Waals surface area contributed by atoms with Crippen LogP contribution in [0.15, 0.2) is 71.8 Å². The maximum atomic E-state index is 13.4. The van der Waals surface area contributed by atoms with E-state index < -0.39 is 0 Å². The summed E-state index contributed by atoms with van der Waals surface area (Å²) in [5.41, 5.74) is 2.72. The van der Waals surface area contributed by atoms with Gasteiger partial charge in [-0.3, -0.25) is 9.59 Å². The minimum atomic E-state index is -0.362. The van der Waals surface area contributed by atoms with E-state index in [1.54, 1.807) is 31.4 Å². The van der Waals surface area contributed by atoms with Gasteiger partial charge in [-0.1, -0.05) is 24.3 Å². The number of halogens is 1. The fourth-order valence-corrected chi connectivity index (χ4v) is 3.73. The molecule has 0 aromatic heterocycles. The lowest BCUT2D eigenvalue weighted by Gasteiger charge is -2.22. The monoisotopic (exact) mass is 462 g/mol. The third-order valence-corrected chi connectivity index (χ3v) is 5.52. The summed E-state index contributed by atoms with van der Waals surface area (Å²) in [6.07, 6.45) is 1.16. The number of carbonyl (C=O) groups excluding carboxylic acids is 2. The van der Waals surface area contributed by atoms with Crippen LogP contribution in [0.3, 0.4) is 0 Å². The number of hydrogen-bond acceptors (Lipinski definition) is 6. The van der Waals surface area contributed by atoms with Gasteiger partial charge in [0.15, 0.2) is 18.1 Å². The average molecular weight is 462 g/mol. The Labute approximate surface area is 196 Å². The third-order valence-electron chi connectivity index (χ3n) is 5.52. The van der Waals surface area contributed by atoms with Crippen molar-refractivity contribution in [1.29, 1.82) is 0 Å². The van der Waals surface area contributed by atoms with Crippen LogP contribution in [0.25, 0.3) is 0 Å². The lowest BCUT2D eigenvalue weighted by molar-refractivity contribution is -0.135. The van der Waals surface area contributed by atoms with Crippen molar-refractivity contribution >= 4 is 17.9 Å². The highest BCUT2D eigenvalue weighted by atomic mass is 19.1. The van der Waals surface area contributed by atoms with Gasteiger partial charge in [0, 0.05) is 12.0 Å². The van der Waals surface area contributed by atoms with Crippen molar-refractivity contribution in [2.75, 3.05) is 20.8 Å². The molecule has 1 atom stereocenters. The minimum absolute atomic E-state index is 0.288. The fourth-order valence-electron chi connectivity index (χ4n) is 3.73. The van der Waals surface area contributed by atoms with Gasteiger partial charge in [0.25, 0.3) is 5.91 Å². The van der Waals surface area contributed by atoms with Crippen molar-refractivity contribution in [3.8, 4) is 17.2 Å². The Kier molecular flexibility index (Phi) is 6.87. The van der Waals surface area contributed by atoms with E-state index in [4.69, 9.17) is 14.2 Å². The minimum Gasteiger partial charge on any atom is -0.497 e. The van der Waals surface area contributed by atoms with E-state index in [2.05, 4.69) is 5.10 Å². The van der Waals surface area contributed by atoms with Gasteiger partial charge in [-0.2, -0.15) is 5.10 Å². The van der Waals surface area contributed by atoms with Crippen LogP contribution in [0.5, 0.6) is 17.2 Å². The van der Waals surface area contributed by atoms with E-state index in [0.717, 1.165) is 11.1 Å². The smallest absolute Gasteiger partial charge is 0.281 e. The zero-order valence-corrected chi connectivity index (χ0v) is 18.7. The van der Waals surface area contributed by atoms with Crippen molar-refractivity contribution in [3.63, 3.8) is 0 Å². The maximum Gasteiger partial charge on any atom is 0.281 e. The molecule has 3 aromatic rings. The zero-order valence-electron chi connectivity index (χ0n) is 18.7. The quantitative estimate of drug-likeness (QED) is 0.464. The van der Waals surface area contributed by atoms with Crippen molar-refractivity contribution in [1.82, 2.24) is 5.01 Å². The molecule has 1 unspecified atom stereocenters. The number of hydrogen-bond donors (Lipinski definition) is 0. The Morgan fingerprint density at radius 3 is 2.41 bits per heavy atom. The summed E-state index contributed by atoms with van der Waals surface area (Å²) >= 11 is 0. The molecule has 7 nitrogen and oxygen atoms in total. The second-order valence-corrected chi connectivity index (χ2v) is 7.60. The van der Waals surface area contributed by atoms with Crippen LogP contribution in [-0.2, 0) is 4.79 Å². The van der Waals surface area contributed by atoms with Crippen LogP contribution in [0.1, 0.15) is 33.9 Å². The third kappa shape index (κ3) is 4.91. The maximum absolute atomic E-state index is 13.4. The predicted octanol–water partition coefficient (Wildman–Crippen LogP) is 4.41. The Hall–Kier alpha value is -4.20. The molecule has 0 radical (unpaired) electrons. The van der Waals surface area contributed by atoms with E-state index in [1.165, 1.54) is 30.3 Å². The highest BCUT2D eigenvalue weighted by molar-refractivity contribution is 6.03. The van der Waals surface area contributed by atoms with Gasteiger partial charge in [0.05, 0.1) is 26.0 Å². The average Bonchev–Trinajstić information content (AvgIpc) is 3.33. The first kappa shape index (κ1) is 23.0. The van der Waals surface area contributed by atoms with E-state index >= 15 is 0 Å². The Bertz CT molecular complexity index is 1210. The number of rotatable bonds is 8. The number of methoxy groups -OCH3 is 2. The molecule has 174 valence electrons. The molecule has 0 fully saturated rings. The SMILES string of the molecule is COc1ccc(C2CC(c3ccc(F)cc3)=NN2C(=O)COc2ccc(C=O)cc2OC)cc1. The molecule has 1 aliphatic rings. The standard InChI is InChI=1S/C26H23FN2O5/c1-32-21-10-6-19(7-11-21)23-14-22(18-4-8-20(27)9-5-18)28-29(23)26(31)16-34-24-12-3-17(15-30)13-25(24)33-2/h3-13,15,23H,14,16H2,1-2H3. The summed E-state index contributed by atoms with van der Waals surface area (Å²) in [5, 5.41) is 5.96. The lowest BCUT2D eigenvalue weighted by atomic mass is 9.98. The number of nitrogens with zero attached hydrogens (tertiary/aromatic N) is 2. The molecule has 0 saturated carbocycles. The van der Waals surface area contributed by atoms with E-state index in [0.29, 0.717) is 41.2 Å². The molecule has 1 aliphatic heterocycles. The van der Waals surface area contributed by atoms with Crippen LogP contribution in [-0.4, -0.2) is 43.7 Å². The van der Waals surface area contributed by atoms with Crippen molar-refractivity contribution < 1.29 is 28.2 Å². The molecule has 8 heteroatoms. The highest BCUT2D eigenvalue weighted by Crippen LogP contribution is 2.34. The Morgan fingerprint density at radius 1 is 1.03 bits per heavy atom. The lowest BCUT2D eigenvalue weighted by Crippen LogP contribution is -2.31. The van der Waals surface area contributed by atoms with E-state index in [-0.39, 0.29) is 24.4 Å². The molecule has 0 aliphatic carbocycles. The zero-order chi connectivity index (χ0) is 24.1. The van der Waals surface area contributed by atoms with Gasteiger partial charge in [-0.15, -0.1) is 0 Å². The number of amides is 1. The second kappa shape index (κ2) is 10.2. The van der Waals surface area contributed by atoms with Crippen LogP contribution in [0.2, 0.25) is 0 Å². The van der Waals surface area contributed by atoms with E-state index in [1.807, 2.05) is 24.3 Å². The first-order valence-corrected chi connectivity index (χ1v) is 10.6. The molecular formula is C26H23FN2O5. The van der Waals surface area contributed by atoms with Crippen molar-refractivity contribution in [3.05, 3.63) is 89.2 Å². The largest absolute Gasteiger partial charge is 0.497 e. The van der Waals surface area contributed by atoms with Crippen LogP contribution in [0, 0.1) is 5.82 Å². The molecule has 0 spiro atoms. The fraction of sp³-hybridized carbons (Fsp3) is 0.192. The summed E-state index contributed by atoms with van der Waals surface area (Å²) in [7, 11) is 3.04. The number of benzene rings is 3. The summed E-state index contributed by atoms with van der Waals surface area (Å²) in [6.45, 7) is -0.288. The molecule has 0 bridgehead atoms. The summed E-state index contributed by atoms with van der Waals surface area (Å²) in [4.78, 5) is 24.2. The van der Waals surface area contributed by atoms with Gasteiger partial charge >= 0.3 is 0 Å². The van der Waals surface area contributed by atoms with Crippen molar-refractivity contribution in [2.45, 2.75) is 12.5 Å². The van der Waals surface area contributed by atoms with Crippen molar-refractivity contribution in [2.24, 2.45) is 5.10 Å². The van der Waals surface area contributed by atoms with Gasteiger partial charge in [-0.25, -0.2) is 9.40 Å². The van der Waals surface area contributed by atoms with E-state index in [9.17, 15) is 14.0 Å². The number of hydrazone groups is 1. The molecule has 0 N–H and O–H groups in total. The molecule has 4 rings (SSSR count). The molecule has 3 aromatic carbocycles.